The number of aryl methyl sites for hydroxylation is 2. The summed E-state index contributed by atoms with van der Waals surface area (Å²) in [6.07, 6.45) is 2.86. The van der Waals surface area contributed by atoms with Gasteiger partial charge in [-0.15, -0.1) is 0 Å². The fourth-order valence-corrected chi connectivity index (χ4v) is 3.08. The van der Waals surface area contributed by atoms with Crippen LogP contribution in [0.25, 0.3) is 6.08 Å². The van der Waals surface area contributed by atoms with E-state index in [-0.39, 0.29) is 12.5 Å². The zero-order valence-electron chi connectivity index (χ0n) is 16.2. The van der Waals surface area contributed by atoms with Crippen molar-refractivity contribution in [1.82, 2.24) is 10.9 Å². The minimum atomic E-state index is -0.476. The SMILES string of the molecule is Cc1ccc(NCC(=O)NNC(=O)/C=C/c2cc(Cl)c3c(c2)OCCO3)c(C)c1. The zero-order chi connectivity index (χ0) is 20.8. The van der Waals surface area contributed by atoms with E-state index in [2.05, 4.69) is 16.2 Å². The molecule has 1 aliphatic heterocycles. The number of carbonyl (C=O) groups is 2. The average Bonchev–Trinajstić information content (AvgIpc) is 2.70. The molecule has 1 heterocycles. The minimum Gasteiger partial charge on any atom is -0.486 e. The van der Waals surface area contributed by atoms with Gasteiger partial charge in [-0.1, -0.05) is 29.3 Å². The Balaban J connectivity index is 1.48. The lowest BCUT2D eigenvalue weighted by atomic mass is 10.1. The number of carbonyl (C=O) groups excluding carboxylic acids is 2. The lowest BCUT2D eigenvalue weighted by molar-refractivity contribution is -0.125. The van der Waals surface area contributed by atoms with Crippen molar-refractivity contribution in [2.75, 3.05) is 25.1 Å². The van der Waals surface area contributed by atoms with Gasteiger partial charge in [-0.05, 0) is 49.2 Å². The van der Waals surface area contributed by atoms with Crippen LogP contribution in [-0.4, -0.2) is 31.6 Å². The molecule has 0 radical (unpaired) electrons. The number of amides is 2. The number of anilines is 1. The predicted molar refractivity (Wildman–Crippen MR) is 112 cm³/mol. The first-order chi connectivity index (χ1) is 13.9. The number of hydrogen-bond acceptors (Lipinski definition) is 5. The third-order valence-electron chi connectivity index (χ3n) is 4.19. The molecule has 0 atom stereocenters. The van der Waals surface area contributed by atoms with Gasteiger partial charge in [-0.25, -0.2) is 0 Å². The van der Waals surface area contributed by atoms with E-state index >= 15 is 0 Å². The molecular weight excluding hydrogens is 394 g/mol. The number of fused-ring (bicyclic) bond motifs is 1. The van der Waals surface area contributed by atoms with E-state index in [1.54, 1.807) is 18.2 Å². The molecule has 0 aliphatic carbocycles. The molecule has 1 aliphatic rings. The first-order valence-electron chi connectivity index (χ1n) is 9.09. The lowest BCUT2D eigenvalue weighted by Gasteiger charge is -2.19. The summed E-state index contributed by atoms with van der Waals surface area (Å²) in [5.74, 6) is 0.197. The highest BCUT2D eigenvalue weighted by molar-refractivity contribution is 6.32. The van der Waals surface area contributed by atoms with Gasteiger partial charge in [0.1, 0.15) is 13.2 Å². The van der Waals surface area contributed by atoms with Crippen LogP contribution in [-0.2, 0) is 9.59 Å². The number of halogens is 1. The normalized spacial score (nSPS) is 12.5. The second-order valence-corrected chi connectivity index (χ2v) is 6.98. The van der Waals surface area contributed by atoms with Gasteiger partial charge < -0.3 is 14.8 Å². The monoisotopic (exact) mass is 415 g/mol. The maximum atomic E-state index is 11.9. The van der Waals surface area contributed by atoms with Crippen LogP contribution in [0.5, 0.6) is 11.5 Å². The fraction of sp³-hybridized carbons (Fsp3) is 0.238. The van der Waals surface area contributed by atoms with Crippen molar-refractivity contribution in [3.8, 4) is 11.5 Å². The van der Waals surface area contributed by atoms with Crippen molar-refractivity contribution in [3.63, 3.8) is 0 Å². The summed E-state index contributed by atoms with van der Waals surface area (Å²) in [7, 11) is 0. The number of hydrogen-bond donors (Lipinski definition) is 3. The number of ether oxygens (including phenoxy) is 2. The van der Waals surface area contributed by atoms with Gasteiger partial charge in [-0.2, -0.15) is 0 Å². The molecule has 3 N–H and O–H groups in total. The van der Waals surface area contributed by atoms with E-state index in [9.17, 15) is 9.59 Å². The summed E-state index contributed by atoms with van der Waals surface area (Å²) in [5.41, 5.74) is 8.43. The third kappa shape index (κ3) is 5.65. The lowest BCUT2D eigenvalue weighted by Crippen LogP contribution is -2.43. The molecular formula is C21H22ClN3O4. The van der Waals surface area contributed by atoms with Crippen molar-refractivity contribution in [2.45, 2.75) is 13.8 Å². The fourth-order valence-electron chi connectivity index (χ4n) is 2.80. The Morgan fingerprint density at radius 1 is 1.10 bits per heavy atom. The molecule has 0 saturated heterocycles. The quantitative estimate of drug-likeness (QED) is 0.516. The van der Waals surface area contributed by atoms with Crippen molar-refractivity contribution >= 4 is 35.2 Å². The van der Waals surface area contributed by atoms with E-state index in [4.69, 9.17) is 21.1 Å². The Labute approximate surface area is 174 Å². The maximum absolute atomic E-state index is 11.9. The highest BCUT2D eigenvalue weighted by Gasteiger charge is 2.16. The van der Waals surface area contributed by atoms with E-state index in [0.717, 1.165) is 16.8 Å². The molecule has 152 valence electrons. The van der Waals surface area contributed by atoms with Crippen LogP contribution in [0.3, 0.4) is 0 Å². The van der Waals surface area contributed by atoms with Crippen LogP contribution in [0.1, 0.15) is 16.7 Å². The van der Waals surface area contributed by atoms with E-state index in [0.29, 0.717) is 35.3 Å². The van der Waals surface area contributed by atoms with E-state index in [1.807, 2.05) is 32.0 Å². The van der Waals surface area contributed by atoms with E-state index in [1.165, 1.54) is 6.08 Å². The van der Waals surface area contributed by atoms with Crippen LogP contribution in [0.2, 0.25) is 5.02 Å². The van der Waals surface area contributed by atoms with Crippen LogP contribution in [0, 0.1) is 13.8 Å². The molecule has 0 bridgehead atoms. The molecule has 2 amide bonds. The van der Waals surface area contributed by atoms with Crippen molar-refractivity contribution < 1.29 is 19.1 Å². The van der Waals surface area contributed by atoms with Gasteiger partial charge in [0.25, 0.3) is 11.8 Å². The molecule has 29 heavy (non-hydrogen) atoms. The molecule has 2 aromatic carbocycles. The Morgan fingerprint density at radius 3 is 2.69 bits per heavy atom. The van der Waals surface area contributed by atoms with Crippen molar-refractivity contribution in [2.24, 2.45) is 0 Å². The van der Waals surface area contributed by atoms with Crippen molar-refractivity contribution in [3.05, 3.63) is 58.1 Å². The smallest absolute Gasteiger partial charge is 0.262 e. The van der Waals surface area contributed by atoms with Gasteiger partial charge in [0.15, 0.2) is 11.5 Å². The topological polar surface area (TPSA) is 88.7 Å². The molecule has 0 aromatic heterocycles. The first kappa shape index (κ1) is 20.5. The Bertz CT molecular complexity index is 959. The molecule has 3 rings (SSSR count). The van der Waals surface area contributed by atoms with Crippen LogP contribution in [0.4, 0.5) is 5.69 Å². The molecule has 0 spiro atoms. The summed E-state index contributed by atoms with van der Waals surface area (Å²) in [6, 6.07) is 9.31. The van der Waals surface area contributed by atoms with Crippen LogP contribution < -0.4 is 25.6 Å². The number of hydrazine groups is 1. The molecule has 0 fully saturated rings. The summed E-state index contributed by atoms with van der Waals surface area (Å²) in [4.78, 5) is 23.9. The Kier molecular flexibility index (Phi) is 6.61. The summed E-state index contributed by atoms with van der Waals surface area (Å²) < 4.78 is 11.0. The van der Waals surface area contributed by atoms with E-state index < -0.39 is 5.91 Å². The van der Waals surface area contributed by atoms with Gasteiger partial charge in [0.05, 0.1) is 11.6 Å². The highest BCUT2D eigenvalue weighted by atomic mass is 35.5. The highest BCUT2D eigenvalue weighted by Crippen LogP contribution is 2.38. The minimum absolute atomic E-state index is 0.0334. The Hall–Kier alpha value is -3.19. The molecule has 2 aromatic rings. The van der Waals surface area contributed by atoms with Gasteiger partial charge in [0, 0.05) is 11.8 Å². The maximum Gasteiger partial charge on any atom is 0.262 e. The standard InChI is InChI=1S/C21H22ClN3O4/c1-13-3-5-17(14(2)9-13)23-12-20(27)25-24-19(26)6-4-15-10-16(22)21-18(11-15)28-7-8-29-21/h3-6,9-11,23H,7-8,12H2,1-2H3,(H,24,26)(H,25,27)/b6-4+. The van der Waals surface area contributed by atoms with Gasteiger partial charge in [-0.3, -0.25) is 20.4 Å². The molecule has 7 nitrogen and oxygen atoms in total. The Morgan fingerprint density at radius 2 is 1.90 bits per heavy atom. The molecule has 0 saturated carbocycles. The van der Waals surface area contributed by atoms with Crippen LogP contribution >= 0.6 is 11.6 Å². The number of rotatable bonds is 5. The predicted octanol–water partition coefficient (Wildman–Crippen LogP) is 3.00. The average molecular weight is 416 g/mol. The zero-order valence-corrected chi connectivity index (χ0v) is 16.9. The summed E-state index contributed by atoms with van der Waals surface area (Å²) >= 11 is 6.17. The third-order valence-corrected chi connectivity index (χ3v) is 4.47. The molecule has 8 heteroatoms. The number of benzene rings is 2. The van der Waals surface area contributed by atoms with Gasteiger partial charge in [0.2, 0.25) is 0 Å². The van der Waals surface area contributed by atoms with Crippen LogP contribution in [0.15, 0.2) is 36.4 Å². The summed E-state index contributed by atoms with van der Waals surface area (Å²) in [6.45, 7) is 4.89. The second kappa shape index (κ2) is 9.34. The largest absolute Gasteiger partial charge is 0.486 e. The van der Waals surface area contributed by atoms with Crippen molar-refractivity contribution in [1.29, 1.82) is 0 Å². The second-order valence-electron chi connectivity index (χ2n) is 6.57. The summed E-state index contributed by atoms with van der Waals surface area (Å²) in [5, 5.41) is 3.45. The molecule has 0 unspecified atom stereocenters. The first-order valence-corrected chi connectivity index (χ1v) is 9.47. The number of nitrogens with one attached hydrogen (secondary N) is 3. The van der Waals surface area contributed by atoms with Gasteiger partial charge >= 0.3 is 0 Å².